The van der Waals surface area contributed by atoms with E-state index in [1.807, 2.05) is 12.4 Å². The summed E-state index contributed by atoms with van der Waals surface area (Å²) in [4.78, 5) is 22.3. The van der Waals surface area contributed by atoms with Crippen molar-refractivity contribution in [3.05, 3.63) is 186 Å². The maximum Gasteiger partial charge on any atom is 0.163 e. The predicted octanol–water partition coefficient (Wildman–Crippen LogP) is 16.3. The molecule has 0 aliphatic carbocycles. The van der Waals surface area contributed by atoms with Gasteiger partial charge in [0.2, 0.25) is 0 Å². The predicted molar refractivity (Wildman–Crippen MR) is 274 cm³/mol. The summed E-state index contributed by atoms with van der Waals surface area (Å²) in [5, 5.41) is 0. The van der Waals surface area contributed by atoms with Crippen LogP contribution in [0.2, 0.25) is 0 Å². The molecule has 5 heteroatoms. The molecule has 0 aliphatic heterocycles. The molecule has 0 fully saturated rings. The number of hydrogen-bond acceptors (Lipinski definition) is 5. The monoisotopic (exact) mass is 854 g/mol. The van der Waals surface area contributed by atoms with Crippen molar-refractivity contribution in [3.63, 3.8) is 0 Å². The number of nitrogens with zero attached hydrogens (tertiary/aromatic N) is 5. The van der Waals surface area contributed by atoms with Gasteiger partial charge in [-0.15, -0.1) is 0 Å². The largest absolute Gasteiger partial charge is 0.311 e. The van der Waals surface area contributed by atoms with Crippen LogP contribution in [0.4, 0.5) is 17.1 Å². The second-order valence-electron chi connectivity index (χ2n) is 21.5. The van der Waals surface area contributed by atoms with Gasteiger partial charge in [-0.05, 0) is 104 Å². The van der Waals surface area contributed by atoms with E-state index in [0.29, 0.717) is 11.6 Å². The Balaban J connectivity index is 1.09. The molecule has 8 rings (SSSR count). The van der Waals surface area contributed by atoms with E-state index >= 15 is 0 Å². The van der Waals surface area contributed by atoms with Gasteiger partial charge in [-0.2, -0.15) is 0 Å². The summed E-state index contributed by atoms with van der Waals surface area (Å²) >= 11 is 0. The molecular formula is C60H63N5. The van der Waals surface area contributed by atoms with E-state index in [1.54, 1.807) is 0 Å². The Morgan fingerprint density at radius 1 is 0.308 bits per heavy atom. The quantitative estimate of drug-likeness (QED) is 0.152. The van der Waals surface area contributed by atoms with Crippen molar-refractivity contribution in [3.8, 4) is 56.4 Å². The van der Waals surface area contributed by atoms with Crippen LogP contribution in [0.25, 0.3) is 56.4 Å². The van der Waals surface area contributed by atoms with E-state index in [2.05, 4.69) is 240 Å². The number of anilines is 3. The van der Waals surface area contributed by atoms with Crippen LogP contribution in [0.15, 0.2) is 164 Å². The number of benzene rings is 6. The molecule has 0 N–H and O–H groups in total. The van der Waals surface area contributed by atoms with Gasteiger partial charge in [0.05, 0.1) is 17.0 Å². The smallest absolute Gasteiger partial charge is 0.163 e. The maximum atomic E-state index is 5.09. The highest BCUT2D eigenvalue weighted by molar-refractivity contribution is 5.80. The van der Waals surface area contributed by atoms with Gasteiger partial charge >= 0.3 is 0 Å². The van der Waals surface area contributed by atoms with E-state index in [9.17, 15) is 0 Å². The molecule has 0 aliphatic rings. The molecule has 328 valence electrons. The fourth-order valence-corrected chi connectivity index (χ4v) is 8.06. The normalized spacial score (nSPS) is 12.3. The van der Waals surface area contributed by atoms with Crippen LogP contribution in [0.1, 0.15) is 105 Å². The molecule has 0 saturated carbocycles. The minimum absolute atomic E-state index is 0.0556. The lowest BCUT2D eigenvalue weighted by Crippen LogP contribution is -2.14. The zero-order chi connectivity index (χ0) is 46.3. The van der Waals surface area contributed by atoms with Crippen molar-refractivity contribution in [1.82, 2.24) is 19.9 Å². The van der Waals surface area contributed by atoms with Crippen molar-refractivity contribution in [2.45, 2.75) is 105 Å². The Morgan fingerprint density at radius 2 is 0.646 bits per heavy atom. The van der Waals surface area contributed by atoms with Crippen molar-refractivity contribution in [2.24, 2.45) is 0 Å². The van der Waals surface area contributed by atoms with Crippen molar-refractivity contribution in [2.75, 3.05) is 4.90 Å². The van der Waals surface area contributed by atoms with E-state index in [1.165, 1.54) is 22.3 Å². The van der Waals surface area contributed by atoms with Crippen LogP contribution >= 0.6 is 0 Å². The molecule has 6 aromatic carbocycles. The van der Waals surface area contributed by atoms with E-state index in [4.69, 9.17) is 19.9 Å². The lowest BCUT2D eigenvalue weighted by atomic mass is 9.86. The van der Waals surface area contributed by atoms with E-state index < -0.39 is 0 Å². The molecule has 5 nitrogen and oxygen atoms in total. The van der Waals surface area contributed by atoms with Crippen LogP contribution in [-0.2, 0) is 21.7 Å². The molecule has 0 radical (unpaired) electrons. The molecule has 0 unspecified atom stereocenters. The molecule has 0 atom stereocenters. The summed E-state index contributed by atoms with van der Waals surface area (Å²) in [6.45, 7) is 26.9. The van der Waals surface area contributed by atoms with Crippen LogP contribution in [-0.4, -0.2) is 19.9 Å². The average molecular weight is 854 g/mol. The van der Waals surface area contributed by atoms with Gasteiger partial charge < -0.3 is 4.90 Å². The lowest BCUT2D eigenvalue weighted by molar-refractivity contribution is 0.590. The highest BCUT2D eigenvalue weighted by Gasteiger charge is 2.20. The standard InChI is InChI=1S/C60H63N5/c1-57(2,3)46-22-16-41(17-23-46)53-37-54(42-18-24-47(25-19-42)58(4,5)6)64-56(63-53)45-38-61-55(62-39-45)44-15-13-14-43(36-44)40-20-30-50(31-21-40)65(51-32-26-48(27-33-51)59(7,8)9)52-34-28-49(29-35-52)60(10,11)12/h13-39H,1-12H3. The van der Waals surface area contributed by atoms with Gasteiger partial charge in [-0.25, -0.2) is 19.9 Å². The topological polar surface area (TPSA) is 54.8 Å². The van der Waals surface area contributed by atoms with Crippen molar-refractivity contribution >= 4 is 17.1 Å². The molecule has 0 bridgehead atoms. The third-order valence-electron chi connectivity index (χ3n) is 12.3. The summed E-state index contributed by atoms with van der Waals surface area (Å²) in [5.74, 6) is 1.23. The summed E-state index contributed by atoms with van der Waals surface area (Å²) in [5.41, 5.74) is 16.4. The first-order valence-corrected chi connectivity index (χ1v) is 22.9. The van der Waals surface area contributed by atoms with Gasteiger partial charge in [-0.3, -0.25) is 0 Å². The fraction of sp³-hybridized carbons (Fsp3) is 0.267. The summed E-state index contributed by atoms with van der Waals surface area (Å²) in [7, 11) is 0. The number of hydrogen-bond donors (Lipinski definition) is 0. The molecule has 65 heavy (non-hydrogen) atoms. The van der Waals surface area contributed by atoms with Gasteiger partial charge in [0.25, 0.3) is 0 Å². The maximum absolute atomic E-state index is 5.09. The first-order valence-electron chi connectivity index (χ1n) is 22.9. The molecule has 2 aromatic heterocycles. The summed E-state index contributed by atoms with van der Waals surface area (Å²) in [6.07, 6.45) is 3.68. The average Bonchev–Trinajstić information content (AvgIpc) is 3.28. The van der Waals surface area contributed by atoms with Crippen LogP contribution in [0, 0.1) is 0 Å². The first kappa shape index (κ1) is 44.9. The summed E-state index contributed by atoms with van der Waals surface area (Å²) in [6, 6.07) is 54.7. The van der Waals surface area contributed by atoms with E-state index in [-0.39, 0.29) is 21.7 Å². The lowest BCUT2D eigenvalue weighted by Gasteiger charge is -2.28. The third-order valence-corrected chi connectivity index (χ3v) is 12.3. The molecular weight excluding hydrogens is 791 g/mol. The first-order chi connectivity index (χ1) is 30.7. The zero-order valence-corrected chi connectivity index (χ0v) is 40.3. The summed E-state index contributed by atoms with van der Waals surface area (Å²) < 4.78 is 0. The number of rotatable bonds is 8. The van der Waals surface area contributed by atoms with Crippen molar-refractivity contribution < 1.29 is 0 Å². The molecule has 0 saturated heterocycles. The Morgan fingerprint density at radius 3 is 1.03 bits per heavy atom. The minimum Gasteiger partial charge on any atom is -0.311 e. The molecule has 0 amide bonds. The molecule has 0 spiro atoms. The highest BCUT2D eigenvalue weighted by Crippen LogP contribution is 2.39. The fourth-order valence-electron chi connectivity index (χ4n) is 8.06. The van der Waals surface area contributed by atoms with Crippen LogP contribution in [0.5, 0.6) is 0 Å². The Bertz CT molecular complexity index is 2750. The second kappa shape index (κ2) is 17.3. The SMILES string of the molecule is CC(C)(C)c1ccc(-c2cc(-c3ccc(C(C)(C)C)cc3)nc(-c3cnc(-c4cccc(-c5ccc(N(c6ccc(C(C)(C)C)cc6)c6ccc(C(C)(C)C)cc6)cc5)c4)nc3)n2)cc1. The van der Waals surface area contributed by atoms with Crippen LogP contribution in [0.3, 0.4) is 0 Å². The van der Waals surface area contributed by atoms with Gasteiger partial charge in [0, 0.05) is 46.1 Å². The Kier molecular flexibility index (Phi) is 12.0. The minimum atomic E-state index is 0.0556. The molecule has 8 aromatic rings. The Labute approximate surface area is 387 Å². The van der Waals surface area contributed by atoms with Crippen molar-refractivity contribution in [1.29, 1.82) is 0 Å². The van der Waals surface area contributed by atoms with Gasteiger partial charge in [0.15, 0.2) is 11.6 Å². The molecule has 2 heterocycles. The van der Waals surface area contributed by atoms with Crippen LogP contribution < -0.4 is 4.90 Å². The third kappa shape index (κ3) is 10.2. The highest BCUT2D eigenvalue weighted by atomic mass is 15.1. The van der Waals surface area contributed by atoms with E-state index in [0.717, 1.165) is 61.8 Å². The zero-order valence-electron chi connectivity index (χ0n) is 40.3. The van der Waals surface area contributed by atoms with Gasteiger partial charge in [-0.1, -0.05) is 186 Å². The number of aromatic nitrogens is 4. The second-order valence-corrected chi connectivity index (χ2v) is 21.5. The van der Waals surface area contributed by atoms with Gasteiger partial charge in [0.1, 0.15) is 0 Å². The Hall–Kier alpha value is -6.72.